The fraction of sp³-hybridized carbons (Fsp3) is 0.471. The minimum absolute atomic E-state index is 0.0417. The summed E-state index contributed by atoms with van der Waals surface area (Å²) in [5.74, 6) is 0.644. The number of hydrogen-bond donors (Lipinski definition) is 1. The average Bonchev–Trinajstić information content (AvgIpc) is 2.98. The van der Waals surface area contributed by atoms with Crippen molar-refractivity contribution in [1.82, 2.24) is 10.2 Å². The maximum Gasteiger partial charge on any atom is 0.256 e. The number of ether oxygens (including phenoxy) is 1. The molecule has 0 bridgehead atoms. The van der Waals surface area contributed by atoms with Gasteiger partial charge < -0.3 is 15.0 Å². The average molecular weight is 315 g/mol. The van der Waals surface area contributed by atoms with Crippen molar-refractivity contribution in [1.29, 1.82) is 0 Å². The van der Waals surface area contributed by atoms with E-state index in [1.165, 1.54) is 0 Å². The predicted molar refractivity (Wildman–Crippen MR) is 87.6 cm³/mol. The van der Waals surface area contributed by atoms with E-state index in [1.807, 2.05) is 24.1 Å². The molecule has 1 atom stereocenters. The Morgan fingerprint density at radius 1 is 1.48 bits per heavy atom. The fourth-order valence-corrected chi connectivity index (χ4v) is 3.01. The molecule has 1 fully saturated rings. The molecule has 1 saturated heterocycles. The van der Waals surface area contributed by atoms with Crippen LogP contribution in [-0.2, 0) is 4.79 Å². The molecule has 23 heavy (non-hydrogen) atoms. The number of benzene rings is 1. The summed E-state index contributed by atoms with van der Waals surface area (Å²) in [5, 5.41) is 2.56. The number of carbonyl (C=O) groups is 2. The summed E-state index contributed by atoms with van der Waals surface area (Å²) in [6.45, 7) is 2.99. The predicted octanol–water partition coefficient (Wildman–Crippen LogP) is 1.83. The molecule has 1 aromatic rings. The molecule has 0 aromatic heterocycles. The van der Waals surface area contributed by atoms with Gasteiger partial charge in [0.25, 0.3) is 5.91 Å². The zero-order chi connectivity index (χ0) is 16.4. The number of rotatable bonds is 4. The molecule has 2 aliphatic rings. The van der Waals surface area contributed by atoms with Gasteiger partial charge in [0.1, 0.15) is 5.75 Å². The molecule has 6 nitrogen and oxygen atoms in total. The van der Waals surface area contributed by atoms with E-state index in [1.54, 1.807) is 13.1 Å². The molecule has 2 amide bonds. The Kier molecular flexibility index (Phi) is 4.32. The number of aliphatic imine (C=N–C) groups is 1. The lowest BCUT2D eigenvalue weighted by molar-refractivity contribution is -0.121. The Morgan fingerprint density at radius 3 is 3.09 bits per heavy atom. The van der Waals surface area contributed by atoms with E-state index in [9.17, 15) is 9.59 Å². The van der Waals surface area contributed by atoms with Gasteiger partial charge >= 0.3 is 0 Å². The summed E-state index contributed by atoms with van der Waals surface area (Å²) in [5.41, 5.74) is 2.15. The minimum Gasteiger partial charge on any atom is -0.493 e. The normalized spacial score (nSPS) is 19.1. The molecule has 0 radical (unpaired) electrons. The van der Waals surface area contributed by atoms with Crippen LogP contribution in [0, 0.1) is 6.92 Å². The van der Waals surface area contributed by atoms with Crippen molar-refractivity contribution in [2.24, 2.45) is 4.99 Å². The van der Waals surface area contributed by atoms with Crippen LogP contribution in [0.1, 0.15) is 35.2 Å². The summed E-state index contributed by atoms with van der Waals surface area (Å²) in [6, 6.07) is 3.74. The van der Waals surface area contributed by atoms with Gasteiger partial charge in [0.2, 0.25) is 5.91 Å². The van der Waals surface area contributed by atoms with E-state index >= 15 is 0 Å². The Morgan fingerprint density at radius 2 is 2.30 bits per heavy atom. The second-order valence-corrected chi connectivity index (χ2v) is 5.89. The second kappa shape index (κ2) is 6.40. The van der Waals surface area contributed by atoms with Crippen molar-refractivity contribution in [3.63, 3.8) is 0 Å². The number of nitrogens with one attached hydrogen (secondary N) is 1. The molecule has 1 aromatic carbocycles. The van der Waals surface area contributed by atoms with Gasteiger partial charge in [0.05, 0.1) is 30.3 Å². The van der Waals surface area contributed by atoms with Crippen LogP contribution < -0.4 is 10.1 Å². The van der Waals surface area contributed by atoms with Crippen LogP contribution in [0.3, 0.4) is 0 Å². The number of aryl methyl sites for hydroxylation is 1. The molecule has 3 rings (SSSR count). The maximum absolute atomic E-state index is 12.7. The largest absolute Gasteiger partial charge is 0.493 e. The smallest absolute Gasteiger partial charge is 0.256 e. The Balaban J connectivity index is 1.82. The van der Waals surface area contributed by atoms with Crippen LogP contribution in [0.15, 0.2) is 17.1 Å². The van der Waals surface area contributed by atoms with Crippen LogP contribution in [0.5, 0.6) is 5.75 Å². The first-order valence-corrected chi connectivity index (χ1v) is 7.93. The molecule has 0 saturated carbocycles. The first kappa shape index (κ1) is 15.5. The van der Waals surface area contributed by atoms with E-state index in [2.05, 4.69) is 10.3 Å². The molecule has 0 unspecified atom stereocenters. The third-order valence-electron chi connectivity index (χ3n) is 4.34. The third kappa shape index (κ3) is 3.06. The fourth-order valence-electron chi connectivity index (χ4n) is 3.01. The van der Waals surface area contributed by atoms with Crippen LogP contribution >= 0.6 is 0 Å². The Bertz CT molecular complexity index is 669. The highest BCUT2D eigenvalue weighted by Gasteiger charge is 2.32. The highest BCUT2D eigenvalue weighted by molar-refractivity contribution is 6.03. The molecule has 6 heteroatoms. The first-order valence-electron chi connectivity index (χ1n) is 7.93. The molecule has 1 N–H and O–H groups in total. The molecule has 0 aliphatic carbocycles. The van der Waals surface area contributed by atoms with Gasteiger partial charge in [-0.1, -0.05) is 0 Å². The second-order valence-electron chi connectivity index (χ2n) is 5.89. The van der Waals surface area contributed by atoms with Crippen LogP contribution in [0.25, 0.3) is 0 Å². The Labute approximate surface area is 135 Å². The summed E-state index contributed by atoms with van der Waals surface area (Å²) in [7, 11) is 1.60. The van der Waals surface area contributed by atoms with Crippen molar-refractivity contribution in [3.05, 3.63) is 23.3 Å². The molecule has 2 aliphatic heterocycles. The van der Waals surface area contributed by atoms with E-state index in [0.717, 1.165) is 24.9 Å². The third-order valence-corrected chi connectivity index (χ3v) is 4.34. The van der Waals surface area contributed by atoms with Crippen molar-refractivity contribution < 1.29 is 14.3 Å². The zero-order valence-corrected chi connectivity index (χ0v) is 13.5. The van der Waals surface area contributed by atoms with E-state index in [4.69, 9.17) is 4.74 Å². The lowest BCUT2D eigenvalue weighted by Gasteiger charge is -2.20. The molecular weight excluding hydrogens is 294 g/mol. The number of nitrogens with zero attached hydrogens (tertiary/aromatic N) is 2. The Hall–Kier alpha value is -2.37. The van der Waals surface area contributed by atoms with Crippen LogP contribution in [0.2, 0.25) is 0 Å². The number of carbonyl (C=O) groups excluding carboxylic acids is 2. The van der Waals surface area contributed by atoms with Crippen molar-refractivity contribution in [3.8, 4) is 5.75 Å². The minimum atomic E-state index is -0.0637. The monoisotopic (exact) mass is 315 g/mol. The molecule has 0 spiro atoms. The van der Waals surface area contributed by atoms with Gasteiger partial charge in [0.15, 0.2) is 0 Å². The van der Waals surface area contributed by atoms with E-state index in [0.29, 0.717) is 30.0 Å². The first-order chi connectivity index (χ1) is 11.1. The zero-order valence-electron chi connectivity index (χ0n) is 13.5. The van der Waals surface area contributed by atoms with E-state index < -0.39 is 0 Å². The van der Waals surface area contributed by atoms with Gasteiger partial charge in [-0.15, -0.1) is 0 Å². The van der Waals surface area contributed by atoms with Crippen molar-refractivity contribution in [2.75, 3.05) is 20.2 Å². The highest BCUT2D eigenvalue weighted by atomic mass is 16.5. The summed E-state index contributed by atoms with van der Waals surface area (Å²) in [6.07, 6.45) is 4.15. The molecular formula is C17H21N3O3. The van der Waals surface area contributed by atoms with Crippen molar-refractivity contribution in [2.45, 2.75) is 32.2 Å². The lowest BCUT2D eigenvalue weighted by Crippen LogP contribution is -2.35. The van der Waals surface area contributed by atoms with Gasteiger partial charge in [-0.2, -0.15) is 0 Å². The summed E-state index contributed by atoms with van der Waals surface area (Å²) < 4.78 is 5.69. The van der Waals surface area contributed by atoms with Gasteiger partial charge in [-0.3, -0.25) is 14.6 Å². The molecule has 2 heterocycles. The van der Waals surface area contributed by atoms with Crippen LogP contribution in [0.4, 0.5) is 5.69 Å². The summed E-state index contributed by atoms with van der Waals surface area (Å²) in [4.78, 5) is 30.3. The van der Waals surface area contributed by atoms with Gasteiger partial charge in [0, 0.05) is 25.9 Å². The summed E-state index contributed by atoms with van der Waals surface area (Å²) >= 11 is 0. The number of hydrogen-bond acceptors (Lipinski definition) is 4. The number of amides is 2. The topological polar surface area (TPSA) is 71.0 Å². The molecule has 122 valence electrons. The maximum atomic E-state index is 12.7. The standard InChI is InChI=1S/C17H21N3O3/c1-11-8-13-14(9-15(11)23-7-5-16(21)18-2)19-10-12-4-3-6-20(12)17(13)22/h8-10,12H,3-7H2,1-2H3,(H,18,21)/t12-/m0/s1. The highest BCUT2D eigenvalue weighted by Crippen LogP contribution is 2.33. The lowest BCUT2D eigenvalue weighted by atomic mass is 10.1. The van der Waals surface area contributed by atoms with Crippen molar-refractivity contribution >= 4 is 23.7 Å². The van der Waals surface area contributed by atoms with Crippen LogP contribution in [-0.4, -0.2) is 49.2 Å². The quantitative estimate of drug-likeness (QED) is 0.921. The number of fused-ring (bicyclic) bond motifs is 2. The van der Waals surface area contributed by atoms with Gasteiger partial charge in [-0.05, 0) is 31.4 Å². The van der Waals surface area contributed by atoms with Gasteiger partial charge in [-0.25, -0.2) is 0 Å². The van der Waals surface area contributed by atoms with E-state index in [-0.39, 0.29) is 17.9 Å². The SMILES string of the molecule is CNC(=O)CCOc1cc2c(cc1C)C(=O)N1CCC[C@H]1C=N2.